The van der Waals surface area contributed by atoms with E-state index in [0.717, 1.165) is 0 Å². The molecule has 0 aliphatic carbocycles. The number of nitrogens with zero attached hydrogens (tertiary/aromatic N) is 2. The number of hydrogen-bond donors (Lipinski definition) is 0. The Morgan fingerprint density at radius 2 is 1.89 bits per heavy atom. The lowest BCUT2D eigenvalue weighted by molar-refractivity contribution is -0.307. The summed E-state index contributed by atoms with van der Waals surface area (Å²) in [4.78, 5) is 42.5. The molecule has 1 aliphatic rings. The summed E-state index contributed by atoms with van der Waals surface area (Å²) >= 11 is 1.19. The van der Waals surface area contributed by atoms with Gasteiger partial charge in [0.15, 0.2) is 4.80 Å². The average Bonchev–Trinajstić information content (AvgIpc) is 3.17. The Morgan fingerprint density at radius 1 is 1.11 bits per heavy atom. The van der Waals surface area contributed by atoms with Crippen LogP contribution in [0.1, 0.15) is 37.9 Å². The van der Waals surface area contributed by atoms with E-state index in [1.54, 1.807) is 50.3 Å². The van der Waals surface area contributed by atoms with Crippen molar-refractivity contribution in [3.8, 4) is 11.5 Å². The standard InChI is InChI=1S/C27H26N2O7S/c1-4-34-20-12-7-6-11-19(20)24-23(26(33)35-5-2)16(3)28-27-29(24)25(32)21(37-27)14-17-9-8-10-18(13-17)36-15-22(30)31/h6-14,24H,4-5,15H2,1-3H3,(H,30,31)/p-1/b21-14+/t24-/m0/s1. The second-order valence-electron chi connectivity index (χ2n) is 8.01. The van der Waals surface area contributed by atoms with Gasteiger partial charge in [0, 0.05) is 5.56 Å². The molecule has 4 rings (SSSR count). The van der Waals surface area contributed by atoms with E-state index < -0.39 is 24.6 Å². The van der Waals surface area contributed by atoms with Crippen molar-refractivity contribution >= 4 is 29.4 Å². The van der Waals surface area contributed by atoms with Crippen molar-refractivity contribution < 1.29 is 28.9 Å². The van der Waals surface area contributed by atoms with Gasteiger partial charge in [0.2, 0.25) is 0 Å². The van der Waals surface area contributed by atoms with Gasteiger partial charge in [0.25, 0.3) is 5.56 Å². The zero-order chi connectivity index (χ0) is 26.5. The normalized spacial score (nSPS) is 15.1. The molecule has 9 nitrogen and oxygen atoms in total. The van der Waals surface area contributed by atoms with Crippen LogP contribution in [-0.2, 0) is 14.3 Å². The molecule has 0 saturated carbocycles. The Labute approximate surface area is 216 Å². The molecule has 3 aromatic rings. The summed E-state index contributed by atoms with van der Waals surface area (Å²) in [7, 11) is 0. The highest BCUT2D eigenvalue weighted by atomic mass is 32.1. The highest BCUT2D eigenvalue weighted by Crippen LogP contribution is 2.35. The summed E-state index contributed by atoms with van der Waals surface area (Å²) in [5, 5.41) is 10.7. The van der Waals surface area contributed by atoms with Gasteiger partial charge in [-0.25, -0.2) is 9.79 Å². The molecule has 0 saturated heterocycles. The fourth-order valence-corrected chi connectivity index (χ4v) is 5.11. The molecular weight excluding hydrogens is 496 g/mol. The number of esters is 1. The minimum absolute atomic E-state index is 0.177. The van der Waals surface area contributed by atoms with E-state index in [4.69, 9.17) is 14.2 Å². The first-order chi connectivity index (χ1) is 17.8. The van der Waals surface area contributed by atoms with Crippen LogP contribution >= 0.6 is 11.3 Å². The number of aliphatic carboxylic acids is 1. The van der Waals surface area contributed by atoms with Crippen LogP contribution in [0.5, 0.6) is 11.5 Å². The van der Waals surface area contributed by atoms with Crippen molar-refractivity contribution in [2.75, 3.05) is 19.8 Å². The van der Waals surface area contributed by atoms with E-state index in [1.165, 1.54) is 15.9 Å². The van der Waals surface area contributed by atoms with Crippen molar-refractivity contribution in [2.24, 2.45) is 4.99 Å². The van der Waals surface area contributed by atoms with Gasteiger partial charge in [-0.05, 0) is 50.6 Å². The van der Waals surface area contributed by atoms with Crippen molar-refractivity contribution in [1.29, 1.82) is 0 Å². The van der Waals surface area contributed by atoms with Crippen LogP contribution in [-0.4, -0.2) is 36.3 Å². The summed E-state index contributed by atoms with van der Waals surface area (Å²) < 4.78 is 18.2. The molecule has 1 aliphatic heterocycles. The lowest BCUT2D eigenvalue weighted by atomic mass is 9.95. The second-order valence-corrected chi connectivity index (χ2v) is 9.02. The molecule has 0 spiro atoms. The predicted octanol–water partition coefficient (Wildman–Crippen LogP) is 1.33. The Bertz CT molecular complexity index is 1550. The molecule has 192 valence electrons. The number of carboxylic acids is 1. The minimum atomic E-state index is -1.33. The number of carboxylic acid groups (broad SMARTS) is 1. The summed E-state index contributed by atoms with van der Waals surface area (Å²) in [5.74, 6) is -1.00. The van der Waals surface area contributed by atoms with Crippen LogP contribution in [0.2, 0.25) is 0 Å². The smallest absolute Gasteiger partial charge is 0.338 e. The first kappa shape index (κ1) is 25.9. The molecule has 2 heterocycles. The molecule has 37 heavy (non-hydrogen) atoms. The third-order valence-electron chi connectivity index (χ3n) is 5.54. The maximum atomic E-state index is 13.8. The van der Waals surface area contributed by atoms with Gasteiger partial charge >= 0.3 is 5.97 Å². The highest BCUT2D eigenvalue weighted by molar-refractivity contribution is 7.07. The van der Waals surface area contributed by atoms with E-state index in [0.29, 0.717) is 44.3 Å². The maximum absolute atomic E-state index is 13.8. The number of rotatable bonds is 9. The fourth-order valence-electron chi connectivity index (χ4n) is 4.07. The van der Waals surface area contributed by atoms with Crippen LogP contribution in [0, 0.1) is 0 Å². The fraction of sp³-hybridized carbons (Fsp3) is 0.259. The van der Waals surface area contributed by atoms with Gasteiger partial charge in [-0.1, -0.05) is 41.7 Å². The third-order valence-corrected chi connectivity index (χ3v) is 6.53. The molecule has 0 N–H and O–H groups in total. The second kappa shape index (κ2) is 11.3. The number of hydrogen-bond acceptors (Lipinski definition) is 9. The van der Waals surface area contributed by atoms with Crippen LogP contribution in [0.4, 0.5) is 0 Å². The Hall–Kier alpha value is -4.18. The molecule has 0 fully saturated rings. The van der Waals surface area contributed by atoms with Gasteiger partial charge in [0.05, 0.1) is 35.0 Å². The van der Waals surface area contributed by atoms with E-state index in [2.05, 4.69) is 4.99 Å². The Kier molecular flexibility index (Phi) is 7.88. The van der Waals surface area contributed by atoms with Gasteiger partial charge < -0.3 is 24.1 Å². The van der Waals surface area contributed by atoms with E-state index in [1.807, 2.05) is 25.1 Å². The van der Waals surface area contributed by atoms with Gasteiger partial charge in [-0.2, -0.15) is 0 Å². The molecule has 1 atom stereocenters. The molecule has 0 amide bonds. The molecule has 0 unspecified atom stereocenters. The first-order valence-electron chi connectivity index (χ1n) is 11.7. The molecule has 0 bridgehead atoms. The maximum Gasteiger partial charge on any atom is 0.338 e. The number of allylic oxidation sites excluding steroid dienone is 1. The van der Waals surface area contributed by atoms with Crippen molar-refractivity contribution in [3.63, 3.8) is 0 Å². The monoisotopic (exact) mass is 521 g/mol. The number of ether oxygens (including phenoxy) is 3. The van der Waals surface area contributed by atoms with E-state index >= 15 is 0 Å². The molecule has 10 heteroatoms. The third kappa shape index (κ3) is 5.49. The summed E-state index contributed by atoms with van der Waals surface area (Å²) in [5.41, 5.74) is 1.67. The van der Waals surface area contributed by atoms with Crippen molar-refractivity contribution in [1.82, 2.24) is 4.57 Å². The predicted molar refractivity (Wildman–Crippen MR) is 135 cm³/mol. The number of thiazole rings is 1. The average molecular weight is 522 g/mol. The summed E-state index contributed by atoms with van der Waals surface area (Å²) in [6, 6.07) is 13.2. The number of fused-ring (bicyclic) bond motifs is 1. The molecular formula is C27H25N2O7S-. The van der Waals surface area contributed by atoms with Crippen molar-refractivity contribution in [3.05, 3.63) is 90.6 Å². The highest BCUT2D eigenvalue weighted by Gasteiger charge is 2.35. The largest absolute Gasteiger partial charge is 0.546 e. The zero-order valence-corrected chi connectivity index (χ0v) is 21.4. The minimum Gasteiger partial charge on any atom is -0.546 e. The number of carbonyl (C=O) groups is 2. The summed E-state index contributed by atoms with van der Waals surface area (Å²) in [6.45, 7) is 5.30. The topological polar surface area (TPSA) is 119 Å². The van der Waals surface area contributed by atoms with Crippen LogP contribution in [0.3, 0.4) is 0 Å². The van der Waals surface area contributed by atoms with Gasteiger partial charge in [-0.15, -0.1) is 0 Å². The Balaban J connectivity index is 1.89. The molecule has 2 aromatic carbocycles. The molecule has 0 radical (unpaired) electrons. The quantitative estimate of drug-likeness (QED) is 0.390. The Morgan fingerprint density at radius 3 is 2.62 bits per heavy atom. The summed E-state index contributed by atoms with van der Waals surface area (Å²) in [6.07, 6.45) is 1.67. The van der Waals surface area contributed by atoms with Gasteiger partial charge in [0.1, 0.15) is 24.1 Å². The lowest BCUT2D eigenvalue weighted by Gasteiger charge is -2.26. The number of benzene rings is 2. The van der Waals surface area contributed by atoms with E-state index in [9.17, 15) is 19.5 Å². The molecule has 1 aromatic heterocycles. The number of para-hydroxylation sites is 1. The van der Waals surface area contributed by atoms with Crippen LogP contribution in [0.25, 0.3) is 6.08 Å². The van der Waals surface area contributed by atoms with Crippen molar-refractivity contribution in [2.45, 2.75) is 26.8 Å². The lowest BCUT2D eigenvalue weighted by Crippen LogP contribution is -2.40. The number of aromatic nitrogens is 1. The van der Waals surface area contributed by atoms with E-state index in [-0.39, 0.29) is 17.7 Å². The SMILES string of the molecule is CCOC(=O)C1=C(C)N=c2s/c(=C/c3cccc(OCC(=O)[O-])c3)c(=O)n2[C@H]1c1ccccc1OCC. The van der Waals surface area contributed by atoms with Crippen LogP contribution < -0.4 is 29.5 Å². The number of carbonyl (C=O) groups excluding carboxylic acids is 2. The van der Waals surface area contributed by atoms with Crippen LogP contribution in [0.15, 0.2) is 69.6 Å². The van der Waals surface area contributed by atoms with Gasteiger partial charge in [-0.3, -0.25) is 9.36 Å². The first-order valence-corrected chi connectivity index (χ1v) is 12.5. The zero-order valence-electron chi connectivity index (χ0n) is 20.6.